The van der Waals surface area contributed by atoms with Gasteiger partial charge in [0.15, 0.2) is 0 Å². The lowest BCUT2D eigenvalue weighted by Gasteiger charge is -2.34. The normalized spacial score (nSPS) is 18.3. The van der Waals surface area contributed by atoms with Crippen LogP contribution in [-0.4, -0.2) is 73.6 Å². The summed E-state index contributed by atoms with van der Waals surface area (Å²) in [5, 5.41) is 15.4. The quantitative estimate of drug-likeness (QED) is 0.337. The number of benzene rings is 1. The molecule has 2 aromatic rings. The fourth-order valence-corrected chi connectivity index (χ4v) is 5.08. The molecule has 1 aliphatic heterocycles. The fraction of sp³-hybridized carbons (Fsp3) is 0.462. The van der Waals surface area contributed by atoms with Crippen LogP contribution in [0.3, 0.4) is 0 Å². The van der Waals surface area contributed by atoms with E-state index in [0.717, 1.165) is 46.3 Å². The van der Waals surface area contributed by atoms with Crippen LogP contribution < -0.4 is 5.32 Å². The molecular weight excluding hydrogens is 492 g/mol. The zero-order chi connectivity index (χ0) is 26.9. The molecule has 1 saturated heterocycles. The van der Waals surface area contributed by atoms with E-state index in [1.54, 1.807) is 0 Å². The molecule has 1 aliphatic carbocycles. The maximum atomic E-state index is 14.0. The van der Waals surface area contributed by atoms with Gasteiger partial charge in [-0.05, 0) is 30.4 Å². The topological polar surface area (TPSA) is 145 Å². The molecule has 38 heavy (non-hydrogen) atoms. The monoisotopic (exact) mass is 524 g/mol. The molecule has 2 atom stereocenters. The number of hydrogen-bond acceptors (Lipinski definition) is 7. The number of nitrogens with zero attached hydrogens (tertiary/aromatic N) is 5. The van der Waals surface area contributed by atoms with Crippen LogP contribution in [0.15, 0.2) is 48.9 Å². The van der Waals surface area contributed by atoms with Gasteiger partial charge in [-0.15, -0.1) is 0 Å². The van der Waals surface area contributed by atoms with Gasteiger partial charge in [-0.2, -0.15) is 0 Å². The fourth-order valence-electron chi connectivity index (χ4n) is 5.08. The first kappa shape index (κ1) is 27.0. The van der Waals surface area contributed by atoms with Crippen LogP contribution >= 0.6 is 0 Å². The molecule has 4 rings (SSSR count). The molecule has 1 saturated carbocycles. The van der Waals surface area contributed by atoms with Crippen molar-refractivity contribution in [1.82, 2.24) is 25.0 Å². The molecule has 0 unspecified atom stereocenters. The van der Waals surface area contributed by atoms with Gasteiger partial charge in [0.25, 0.3) is 5.91 Å². The predicted molar refractivity (Wildman–Crippen MR) is 135 cm³/mol. The molecule has 1 aromatic heterocycles. The second-order valence-electron chi connectivity index (χ2n) is 9.52. The number of carboxylic acid groups (broad SMARTS) is 1. The standard InChI is InChI=1S/C26H32N6O6/c33-18-30(38-16-20-8-2-1-3-9-20)15-21(14-19-6-4-5-7-19)25(35)32-22(11-13-31(32)26(36)37)24(34)29-23-10-12-27-17-28-23/h1-3,8-10,12,17-19,21-22H,4-7,11,13-16H2,(H,36,37)(H,27,28,29,34)/t21-,22+/m1/s1. The summed E-state index contributed by atoms with van der Waals surface area (Å²) < 4.78 is 0. The van der Waals surface area contributed by atoms with Crippen molar-refractivity contribution in [3.8, 4) is 0 Å². The molecule has 2 heterocycles. The molecule has 12 heteroatoms. The van der Waals surface area contributed by atoms with Gasteiger partial charge in [0, 0.05) is 12.7 Å². The van der Waals surface area contributed by atoms with Crippen LogP contribution in [0.25, 0.3) is 0 Å². The summed E-state index contributed by atoms with van der Waals surface area (Å²) in [5.74, 6) is -1.33. The first-order chi connectivity index (χ1) is 18.5. The lowest BCUT2D eigenvalue weighted by molar-refractivity contribution is -0.185. The summed E-state index contributed by atoms with van der Waals surface area (Å²) in [7, 11) is 0. The first-order valence-corrected chi connectivity index (χ1v) is 12.8. The highest BCUT2D eigenvalue weighted by Crippen LogP contribution is 2.33. The van der Waals surface area contributed by atoms with E-state index in [1.807, 2.05) is 30.3 Å². The van der Waals surface area contributed by atoms with Crippen LogP contribution in [0.1, 0.15) is 44.1 Å². The van der Waals surface area contributed by atoms with Gasteiger partial charge < -0.3 is 10.4 Å². The number of hydroxylamine groups is 2. The zero-order valence-electron chi connectivity index (χ0n) is 21.0. The number of carbonyl (C=O) groups excluding carboxylic acids is 3. The lowest BCUT2D eigenvalue weighted by Crippen LogP contribution is -2.54. The SMILES string of the molecule is O=CN(C[C@@H](CC1CCCC1)C(=O)N1[C@H](C(=O)Nc2ccncn2)CCN1C(=O)O)OCc1ccccc1. The maximum absolute atomic E-state index is 14.0. The molecule has 1 aromatic carbocycles. The van der Waals surface area contributed by atoms with Crippen molar-refractivity contribution in [2.24, 2.45) is 11.8 Å². The Morgan fingerprint density at radius 2 is 1.92 bits per heavy atom. The molecule has 0 radical (unpaired) electrons. The molecule has 2 N–H and O–H groups in total. The van der Waals surface area contributed by atoms with Crippen molar-refractivity contribution in [2.75, 3.05) is 18.4 Å². The Balaban J connectivity index is 1.53. The highest BCUT2D eigenvalue weighted by Gasteiger charge is 2.45. The Kier molecular flexibility index (Phi) is 9.20. The molecule has 4 amide bonds. The van der Waals surface area contributed by atoms with E-state index in [1.165, 1.54) is 18.6 Å². The molecular formula is C26H32N6O6. The summed E-state index contributed by atoms with van der Waals surface area (Å²) in [6.07, 6.45) is 6.55. The van der Waals surface area contributed by atoms with Crippen molar-refractivity contribution in [3.05, 3.63) is 54.5 Å². The van der Waals surface area contributed by atoms with Crippen molar-refractivity contribution in [1.29, 1.82) is 0 Å². The number of aromatic nitrogens is 2. The van der Waals surface area contributed by atoms with E-state index in [2.05, 4.69) is 15.3 Å². The van der Waals surface area contributed by atoms with Gasteiger partial charge >= 0.3 is 6.09 Å². The van der Waals surface area contributed by atoms with Crippen molar-refractivity contribution in [2.45, 2.75) is 51.2 Å². The van der Waals surface area contributed by atoms with Crippen LogP contribution in [0, 0.1) is 11.8 Å². The first-order valence-electron chi connectivity index (χ1n) is 12.8. The maximum Gasteiger partial charge on any atom is 0.426 e. The van der Waals surface area contributed by atoms with E-state index in [9.17, 15) is 24.3 Å². The second kappa shape index (κ2) is 13.0. The number of amides is 4. The van der Waals surface area contributed by atoms with Crippen molar-refractivity contribution >= 4 is 30.1 Å². The average Bonchev–Trinajstić information content (AvgIpc) is 3.61. The van der Waals surface area contributed by atoms with Crippen molar-refractivity contribution < 1.29 is 29.1 Å². The largest absolute Gasteiger partial charge is 0.464 e. The lowest BCUT2D eigenvalue weighted by atomic mass is 9.92. The number of rotatable bonds is 11. The summed E-state index contributed by atoms with van der Waals surface area (Å²) in [5.41, 5.74) is 0.857. The minimum Gasteiger partial charge on any atom is -0.464 e. The molecule has 12 nitrogen and oxygen atoms in total. The number of anilines is 1. The molecule has 2 aliphatic rings. The Bertz CT molecular complexity index is 1100. The minimum atomic E-state index is -1.33. The molecule has 202 valence electrons. The van der Waals surface area contributed by atoms with Gasteiger partial charge in [0.05, 0.1) is 12.5 Å². The van der Waals surface area contributed by atoms with E-state index >= 15 is 0 Å². The van der Waals surface area contributed by atoms with Crippen LogP contribution in [0.2, 0.25) is 0 Å². The van der Waals surface area contributed by atoms with Gasteiger partial charge in [-0.3, -0.25) is 19.2 Å². The number of carbonyl (C=O) groups is 4. The molecule has 0 bridgehead atoms. The smallest absolute Gasteiger partial charge is 0.426 e. The Hall–Kier alpha value is -4.06. The van der Waals surface area contributed by atoms with Crippen LogP contribution in [-0.2, 0) is 25.8 Å². The average molecular weight is 525 g/mol. The molecule has 2 fully saturated rings. The van der Waals surface area contributed by atoms with E-state index < -0.39 is 29.9 Å². The van der Waals surface area contributed by atoms with E-state index in [0.29, 0.717) is 12.8 Å². The Labute approximate surface area is 220 Å². The summed E-state index contributed by atoms with van der Waals surface area (Å²) >= 11 is 0. The van der Waals surface area contributed by atoms with E-state index in [4.69, 9.17) is 4.84 Å². The summed E-state index contributed by atoms with van der Waals surface area (Å²) in [4.78, 5) is 64.5. The zero-order valence-corrected chi connectivity index (χ0v) is 21.0. The highest BCUT2D eigenvalue weighted by molar-refractivity contribution is 5.97. The van der Waals surface area contributed by atoms with Crippen molar-refractivity contribution in [3.63, 3.8) is 0 Å². The second-order valence-corrected chi connectivity index (χ2v) is 9.52. The van der Waals surface area contributed by atoms with Gasteiger partial charge in [0.1, 0.15) is 24.8 Å². The van der Waals surface area contributed by atoms with Gasteiger partial charge in [0.2, 0.25) is 12.3 Å². The van der Waals surface area contributed by atoms with Crippen LogP contribution in [0.4, 0.5) is 10.6 Å². The predicted octanol–water partition coefficient (Wildman–Crippen LogP) is 2.70. The Morgan fingerprint density at radius 1 is 1.16 bits per heavy atom. The highest BCUT2D eigenvalue weighted by atomic mass is 16.7. The van der Waals surface area contributed by atoms with E-state index in [-0.39, 0.29) is 37.9 Å². The summed E-state index contributed by atoms with van der Waals surface area (Å²) in [6.45, 7) is 0.0652. The van der Waals surface area contributed by atoms with Gasteiger partial charge in [-0.25, -0.2) is 29.8 Å². The molecule has 0 spiro atoms. The number of nitrogens with one attached hydrogen (secondary N) is 1. The number of hydrogen-bond donors (Lipinski definition) is 2. The summed E-state index contributed by atoms with van der Waals surface area (Å²) in [6, 6.07) is 9.77. The van der Waals surface area contributed by atoms with Gasteiger partial charge in [-0.1, -0.05) is 56.0 Å². The third kappa shape index (κ3) is 6.82. The third-order valence-corrected chi connectivity index (χ3v) is 6.95. The minimum absolute atomic E-state index is 0.0129. The Morgan fingerprint density at radius 3 is 2.58 bits per heavy atom. The third-order valence-electron chi connectivity index (χ3n) is 6.95. The van der Waals surface area contributed by atoms with Crippen LogP contribution in [0.5, 0.6) is 0 Å². The number of hydrazine groups is 1.